The first-order valence-corrected chi connectivity index (χ1v) is 10.5. The highest BCUT2D eigenvalue weighted by molar-refractivity contribution is 6.04. The van der Waals surface area contributed by atoms with E-state index in [2.05, 4.69) is 10.1 Å². The van der Waals surface area contributed by atoms with Gasteiger partial charge in [0, 0.05) is 30.7 Å². The van der Waals surface area contributed by atoms with Crippen molar-refractivity contribution in [3.63, 3.8) is 0 Å². The lowest BCUT2D eigenvalue weighted by atomic mass is 10.0. The van der Waals surface area contributed by atoms with Crippen molar-refractivity contribution in [3.8, 4) is 11.1 Å². The van der Waals surface area contributed by atoms with Crippen molar-refractivity contribution in [2.24, 2.45) is 0 Å². The Kier molecular flexibility index (Phi) is 5.10. The number of benzene rings is 1. The van der Waals surface area contributed by atoms with Crippen molar-refractivity contribution in [1.82, 2.24) is 14.8 Å². The van der Waals surface area contributed by atoms with Crippen LogP contribution in [0.25, 0.3) is 11.1 Å². The van der Waals surface area contributed by atoms with Crippen molar-refractivity contribution in [2.75, 3.05) is 29.6 Å². The van der Waals surface area contributed by atoms with Gasteiger partial charge in [0.05, 0.1) is 49.3 Å². The van der Waals surface area contributed by atoms with Crippen LogP contribution in [0.15, 0.2) is 55.1 Å². The minimum atomic E-state index is -1.04. The van der Waals surface area contributed by atoms with Crippen LogP contribution < -0.4 is 9.80 Å². The van der Waals surface area contributed by atoms with Gasteiger partial charge in [-0.05, 0) is 42.3 Å². The molecule has 1 aromatic carbocycles. The Bertz CT molecular complexity index is 1160. The molecule has 32 heavy (non-hydrogen) atoms. The minimum Gasteiger partial charge on any atom is -0.465 e. The van der Waals surface area contributed by atoms with Gasteiger partial charge >= 0.3 is 6.09 Å². The van der Waals surface area contributed by atoms with Crippen LogP contribution in [0, 0.1) is 0 Å². The van der Waals surface area contributed by atoms with E-state index in [0.29, 0.717) is 24.6 Å². The number of carbonyl (C=O) groups is 2. The molecule has 3 aromatic rings. The summed E-state index contributed by atoms with van der Waals surface area (Å²) in [7, 11) is 0. The third-order valence-corrected chi connectivity index (χ3v) is 5.95. The summed E-state index contributed by atoms with van der Waals surface area (Å²) in [5, 5.41) is 14.2. The maximum absolute atomic E-state index is 13.2. The topological polar surface area (TPSA) is 101 Å². The van der Waals surface area contributed by atoms with Crippen molar-refractivity contribution in [2.45, 2.75) is 25.4 Å². The molecule has 0 spiro atoms. The lowest BCUT2D eigenvalue weighted by Crippen LogP contribution is -2.52. The van der Waals surface area contributed by atoms with E-state index >= 15 is 0 Å². The van der Waals surface area contributed by atoms with E-state index in [1.165, 1.54) is 4.90 Å². The molecule has 0 bridgehead atoms. The van der Waals surface area contributed by atoms with Crippen LogP contribution in [0.4, 0.5) is 16.2 Å². The van der Waals surface area contributed by atoms with E-state index in [4.69, 9.17) is 4.74 Å². The summed E-state index contributed by atoms with van der Waals surface area (Å²) < 4.78 is 7.11. The summed E-state index contributed by atoms with van der Waals surface area (Å²) in [6, 6.07) is 9.11. The number of anilines is 2. The molecule has 2 amide bonds. The van der Waals surface area contributed by atoms with Gasteiger partial charge in [-0.15, -0.1) is 0 Å². The van der Waals surface area contributed by atoms with Gasteiger partial charge in [-0.3, -0.25) is 19.4 Å². The van der Waals surface area contributed by atoms with Crippen LogP contribution in [0.5, 0.6) is 0 Å². The third kappa shape index (κ3) is 3.60. The molecule has 9 heteroatoms. The van der Waals surface area contributed by atoms with E-state index in [0.717, 1.165) is 16.7 Å². The molecule has 4 heterocycles. The maximum atomic E-state index is 13.2. The van der Waals surface area contributed by atoms with Crippen molar-refractivity contribution >= 4 is 23.4 Å². The minimum absolute atomic E-state index is 0.0828. The molecule has 2 aromatic heterocycles. The summed E-state index contributed by atoms with van der Waals surface area (Å²) in [5.74, 6) is -0.0828. The Morgan fingerprint density at radius 3 is 2.59 bits per heavy atom. The van der Waals surface area contributed by atoms with Crippen LogP contribution in [-0.2, 0) is 16.0 Å². The van der Waals surface area contributed by atoms with Gasteiger partial charge in [0.1, 0.15) is 0 Å². The first-order chi connectivity index (χ1) is 15.5. The number of pyridine rings is 1. The summed E-state index contributed by atoms with van der Waals surface area (Å²) in [6.07, 6.45) is 6.20. The number of hydrogen-bond acceptors (Lipinski definition) is 5. The number of ether oxygens (including phenoxy) is 1. The molecule has 0 unspecified atom stereocenters. The molecular weight excluding hydrogens is 410 g/mol. The highest BCUT2D eigenvalue weighted by atomic mass is 16.5. The summed E-state index contributed by atoms with van der Waals surface area (Å²) in [4.78, 5) is 32.2. The molecule has 2 aliphatic heterocycles. The number of nitrogens with zero attached hydrogens (tertiary/aromatic N) is 5. The lowest BCUT2D eigenvalue weighted by Gasteiger charge is -2.40. The first-order valence-electron chi connectivity index (χ1n) is 10.5. The number of carbonyl (C=O) groups excluding carboxylic acids is 1. The van der Waals surface area contributed by atoms with Gasteiger partial charge in [-0.25, -0.2) is 4.79 Å². The molecule has 1 saturated heterocycles. The largest absolute Gasteiger partial charge is 0.465 e. The number of hydrogen-bond donors (Lipinski definition) is 1. The average molecular weight is 433 g/mol. The monoisotopic (exact) mass is 433 g/mol. The Morgan fingerprint density at radius 2 is 1.91 bits per heavy atom. The van der Waals surface area contributed by atoms with Crippen molar-refractivity contribution in [3.05, 3.63) is 60.7 Å². The van der Waals surface area contributed by atoms with Crippen LogP contribution in [0.2, 0.25) is 0 Å². The number of carboxylic acid groups (broad SMARTS) is 1. The number of aromatic nitrogens is 3. The average Bonchev–Trinajstić information content (AvgIpc) is 3.21. The van der Waals surface area contributed by atoms with E-state index in [9.17, 15) is 14.7 Å². The molecule has 1 atom stereocenters. The number of amides is 2. The van der Waals surface area contributed by atoms with Crippen molar-refractivity contribution in [1.29, 1.82) is 0 Å². The fraction of sp³-hybridized carbons (Fsp3) is 0.304. The van der Waals surface area contributed by atoms with Gasteiger partial charge in [0.15, 0.2) is 0 Å². The van der Waals surface area contributed by atoms with Gasteiger partial charge in [0.25, 0.3) is 0 Å². The molecule has 0 aliphatic carbocycles. The molecule has 5 rings (SSSR count). The second-order valence-electron chi connectivity index (χ2n) is 8.14. The van der Waals surface area contributed by atoms with Crippen LogP contribution in [-0.4, -0.2) is 57.7 Å². The third-order valence-electron chi connectivity index (χ3n) is 5.95. The van der Waals surface area contributed by atoms with Gasteiger partial charge in [-0.1, -0.05) is 6.07 Å². The molecule has 1 fully saturated rings. The van der Waals surface area contributed by atoms with Crippen molar-refractivity contribution < 1.29 is 19.4 Å². The van der Waals surface area contributed by atoms with E-state index in [1.807, 2.05) is 48.1 Å². The molecule has 0 saturated carbocycles. The Hall–Kier alpha value is -3.72. The van der Waals surface area contributed by atoms with Crippen LogP contribution in [0.1, 0.15) is 18.5 Å². The summed E-state index contributed by atoms with van der Waals surface area (Å²) in [5.41, 5.74) is 3.68. The molecule has 0 radical (unpaired) electrons. The Morgan fingerprint density at radius 1 is 1.12 bits per heavy atom. The Balaban J connectivity index is 1.50. The van der Waals surface area contributed by atoms with Gasteiger partial charge in [0.2, 0.25) is 5.91 Å². The zero-order chi connectivity index (χ0) is 22.2. The predicted molar refractivity (Wildman–Crippen MR) is 118 cm³/mol. The summed E-state index contributed by atoms with van der Waals surface area (Å²) in [6.45, 7) is 3.35. The van der Waals surface area contributed by atoms with E-state index in [1.54, 1.807) is 23.5 Å². The van der Waals surface area contributed by atoms with Gasteiger partial charge in [-0.2, -0.15) is 5.10 Å². The normalized spacial score (nSPS) is 18.2. The Labute approximate surface area is 184 Å². The maximum Gasteiger partial charge on any atom is 0.411 e. The second-order valence-corrected chi connectivity index (χ2v) is 8.14. The smallest absolute Gasteiger partial charge is 0.411 e. The fourth-order valence-electron chi connectivity index (χ4n) is 4.19. The zero-order valence-corrected chi connectivity index (χ0v) is 17.6. The highest BCUT2D eigenvalue weighted by Crippen LogP contribution is 2.39. The van der Waals surface area contributed by atoms with E-state index in [-0.39, 0.29) is 31.0 Å². The highest BCUT2D eigenvalue weighted by Gasteiger charge is 2.35. The quantitative estimate of drug-likeness (QED) is 0.679. The van der Waals surface area contributed by atoms with E-state index < -0.39 is 6.09 Å². The van der Waals surface area contributed by atoms with Crippen LogP contribution in [0.3, 0.4) is 0 Å². The molecule has 1 N–H and O–H groups in total. The molecule has 9 nitrogen and oxygen atoms in total. The zero-order valence-electron chi connectivity index (χ0n) is 17.6. The number of fused-ring (bicyclic) bond motifs is 1. The standard InChI is InChI=1S/C23H23N5O4/c1-15-11-26(23(30)31)21-9-17(18-10-25-27(12-18)19-13-32-14-19)2-3-20(21)28(15)22(29)8-16-4-6-24-7-5-16/h2-7,9-10,12,15,19H,8,11,13-14H2,1H3,(H,30,31)/t15-/m0/s1. The second kappa shape index (κ2) is 8.08. The first kappa shape index (κ1) is 20.2. The SMILES string of the molecule is C[C@H]1CN(C(=O)O)c2cc(-c3cnn(C4COC4)c3)ccc2N1C(=O)Cc1ccncc1. The molecule has 2 aliphatic rings. The fourth-order valence-corrected chi connectivity index (χ4v) is 4.19. The molecule has 164 valence electrons. The van der Waals surface area contributed by atoms with Gasteiger partial charge < -0.3 is 14.7 Å². The predicted octanol–water partition coefficient (Wildman–Crippen LogP) is 2.98. The summed E-state index contributed by atoms with van der Waals surface area (Å²) >= 11 is 0. The van der Waals surface area contributed by atoms with Crippen LogP contribution >= 0.6 is 0 Å². The molecular formula is C23H23N5O4. The number of rotatable bonds is 4. The lowest BCUT2D eigenvalue weighted by molar-refractivity contribution is -0.118.